The molecule has 0 radical (unpaired) electrons. The van der Waals surface area contributed by atoms with Gasteiger partial charge >= 0.3 is 0 Å². The monoisotopic (exact) mass is 161 g/mol. The van der Waals surface area contributed by atoms with E-state index >= 15 is 0 Å². The average Bonchev–Trinajstić information content (AvgIpc) is 2.15. The van der Waals surface area contributed by atoms with Gasteiger partial charge in [-0.05, 0) is 0 Å². The molecule has 0 aliphatic carbocycles. The van der Waals surface area contributed by atoms with Crippen LogP contribution in [0.25, 0.3) is 0 Å². The van der Waals surface area contributed by atoms with E-state index in [0.29, 0.717) is 6.54 Å². The van der Waals surface area contributed by atoms with Gasteiger partial charge in [0.1, 0.15) is 6.54 Å². The van der Waals surface area contributed by atoms with Crippen LogP contribution in [0.5, 0.6) is 0 Å². The Morgan fingerprint density at radius 3 is 3.00 bits per heavy atom. The smallest absolute Gasteiger partial charge is 0.187 e. The highest BCUT2D eigenvalue weighted by molar-refractivity contribution is 7.99. The van der Waals surface area contributed by atoms with Gasteiger partial charge in [-0.15, -0.1) is 0 Å². The molecule has 1 aliphatic heterocycles. The van der Waals surface area contributed by atoms with Crippen molar-refractivity contribution in [3.63, 3.8) is 0 Å². The molecule has 0 amide bonds. The lowest BCUT2D eigenvalue weighted by Gasteiger charge is -2.14. The van der Waals surface area contributed by atoms with Crippen LogP contribution in [0.15, 0.2) is 0 Å². The third-order valence-electron chi connectivity index (χ3n) is 1.60. The van der Waals surface area contributed by atoms with Crippen LogP contribution in [0.4, 0.5) is 0 Å². The number of ketones is 1. The van der Waals surface area contributed by atoms with Crippen LogP contribution >= 0.6 is 11.8 Å². The van der Waals surface area contributed by atoms with Gasteiger partial charge in [0.25, 0.3) is 0 Å². The van der Waals surface area contributed by atoms with Crippen molar-refractivity contribution in [2.24, 2.45) is 5.73 Å². The second-order valence-electron chi connectivity index (χ2n) is 2.58. The van der Waals surface area contributed by atoms with E-state index in [9.17, 15) is 4.79 Å². The van der Waals surface area contributed by atoms with Gasteiger partial charge < -0.3 is 4.90 Å². The summed E-state index contributed by atoms with van der Waals surface area (Å²) < 4.78 is 0. The highest BCUT2D eigenvalue weighted by atomic mass is 32.2. The van der Waals surface area contributed by atoms with Gasteiger partial charge in [-0.25, -0.2) is 0 Å². The maximum Gasteiger partial charge on any atom is 0.187 e. The second kappa shape index (κ2) is 3.37. The Kier molecular flexibility index (Phi) is 2.71. The fourth-order valence-corrected chi connectivity index (χ4v) is 2.16. The van der Waals surface area contributed by atoms with Crippen molar-refractivity contribution in [2.75, 3.05) is 18.8 Å². The number of carbonyl (C=O) groups is 1. The Morgan fingerprint density at radius 2 is 2.60 bits per heavy atom. The molecule has 2 unspecified atom stereocenters. The molecule has 1 heterocycles. The van der Waals surface area contributed by atoms with Crippen LogP contribution < -0.4 is 10.6 Å². The molecule has 0 aromatic rings. The minimum atomic E-state index is 0.129. The quantitative estimate of drug-likeness (QED) is 0.515. The third-order valence-corrected chi connectivity index (χ3v) is 2.73. The van der Waals surface area contributed by atoms with E-state index < -0.39 is 0 Å². The minimum absolute atomic E-state index is 0.129. The van der Waals surface area contributed by atoms with Crippen molar-refractivity contribution in [1.82, 2.24) is 0 Å². The first-order valence-electron chi connectivity index (χ1n) is 3.41. The summed E-state index contributed by atoms with van der Waals surface area (Å²) in [6, 6.07) is 0. The lowest BCUT2D eigenvalue weighted by Crippen LogP contribution is -3.15. The van der Waals surface area contributed by atoms with Crippen molar-refractivity contribution in [2.45, 2.75) is 12.4 Å². The van der Waals surface area contributed by atoms with Crippen LogP contribution in [-0.2, 0) is 4.79 Å². The van der Waals surface area contributed by atoms with E-state index in [2.05, 4.69) is 0 Å². The highest BCUT2D eigenvalue weighted by Gasteiger charge is 2.25. The van der Waals surface area contributed by atoms with E-state index in [0.717, 1.165) is 12.3 Å². The topological polar surface area (TPSA) is 47.5 Å². The Labute approximate surface area is 64.9 Å². The number of nitrogens with two attached hydrogens (primary N) is 1. The molecule has 58 valence electrons. The van der Waals surface area contributed by atoms with E-state index in [4.69, 9.17) is 5.73 Å². The minimum Gasteiger partial charge on any atom is -0.305 e. The maximum absolute atomic E-state index is 10.7. The number of thioether (sulfide) groups is 1. The molecule has 0 saturated carbocycles. The van der Waals surface area contributed by atoms with Crippen LogP contribution in [0.3, 0.4) is 0 Å². The Bertz CT molecular complexity index is 140. The van der Waals surface area contributed by atoms with Crippen LogP contribution in [-0.4, -0.2) is 30.1 Å². The molecule has 2 atom stereocenters. The first kappa shape index (κ1) is 8.04. The van der Waals surface area contributed by atoms with Crippen molar-refractivity contribution < 1.29 is 9.69 Å². The molecule has 10 heavy (non-hydrogen) atoms. The molecule has 1 rings (SSSR count). The summed E-state index contributed by atoms with van der Waals surface area (Å²) >= 11 is 1.74. The van der Waals surface area contributed by atoms with Crippen molar-refractivity contribution in [3.8, 4) is 0 Å². The molecule has 1 saturated heterocycles. The van der Waals surface area contributed by atoms with Gasteiger partial charge in [0.2, 0.25) is 0 Å². The molecular formula is C6H13N2OS+. The predicted molar refractivity (Wildman–Crippen MR) is 41.8 cm³/mol. The van der Waals surface area contributed by atoms with Crippen molar-refractivity contribution in [1.29, 1.82) is 0 Å². The number of Topliss-reactive ketones (excluding diaryl/α,β-unsaturated/α-hetero) is 1. The molecule has 0 aromatic carbocycles. The first-order chi connectivity index (χ1) is 4.70. The lowest BCUT2D eigenvalue weighted by atomic mass is 10.4. The first-order valence-corrected chi connectivity index (χ1v) is 4.46. The van der Waals surface area contributed by atoms with Gasteiger partial charge in [0, 0.05) is 12.7 Å². The Morgan fingerprint density at radius 1 is 1.90 bits per heavy atom. The molecule has 1 aliphatic rings. The zero-order valence-corrected chi connectivity index (χ0v) is 6.91. The van der Waals surface area contributed by atoms with Crippen LogP contribution in [0, 0.1) is 0 Å². The maximum atomic E-state index is 10.7. The van der Waals surface area contributed by atoms with E-state index in [1.807, 2.05) is 0 Å². The number of hydrogen-bond donors (Lipinski definition) is 2. The standard InChI is InChI=1S/C6H12N2OS/c1-5(9)4-8-2-3-10-6(8)7/h6H,2-4,7H2,1H3/p+1. The highest BCUT2D eigenvalue weighted by Crippen LogP contribution is 2.02. The molecule has 3 nitrogen and oxygen atoms in total. The molecule has 0 bridgehead atoms. The summed E-state index contributed by atoms with van der Waals surface area (Å²) in [6.07, 6.45) is 0. The number of nitrogens with one attached hydrogen (secondary N) is 1. The fraction of sp³-hybridized carbons (Fsp3) is 0.833. The number of rotatable bonds is 2. The number of hydrogen-bond acceptors (Lipinski definition) is 3. The Balaban J connectivity index is 2.33. The molecule has 0 spiro atoms. The molecule has 3 N–H and O–H groups in total. The van der Waals surface area contributed by atoms with E-state index in [-0.39, 0.29) is 11.3 Å². The van der Waals surface area contributed by atoms with Crippen LogP contribution in [0.2, 0.25) is 0 Å². The third kappa shape index (κ3) is 1.97. The zero-order chi connectivity index (χ0) is 7.56. The Hall–Kier alpha value is -0.0600. The summed E-state index contributed by atoms with van der Waals surface area (Å²) in [7, 11) is 0. The lowest BCUT2D eigenvalue weighted by molar-refractivity contribution is -0.894. The van der Waals surface area contributed by atoms with Crippen molar-refractivity contribution >= 4 is 17.5 Å². The number of quaternary nitrogens is 1. The summed E-state index contributed by atoms with van der Waals surface area (Å²) in [5, 5.41) is 0. The predicted octanol–water partition coefficient (Wildman–Crippen LogP) is -1.55. The molecular weight excluding hydrogens is 148 g/mol. The van der Waals surface area contributed by atoms with E-state index in [1.54, 1.807) is 18.7 Å². The molecule has 0 aromatic heterocycles. The second-order valence-corrected chi connectivity index (χ2v) is 3.83. The van der Waals surface area contributed by atoms with Gasteiger partial charge in [-0.3, -0.25) is 10.5 Å². The van der Waals surface area contributed by atoms with Crippen LogP contribution in [0.1, 0.15) is 6.92 Å². The van der Waals surface area contributed by atoms with E-state index in [1.165, 1.54) is 4.90 Å². The van der Waals surface area contributed by atoms with Gasteiger partial charge in [-0.2, -0.15) is 0 Å². The average molecular weight is 161 g/mol. The van der Waals surface area contributed by atoms with Crippen molar-refractivity contribution in [3.05, 3.63) is 0 Å². The SMILES string of the molecule is CC(=O)C[NH+]1CCSC1N. The molecule has 4 heteroatoms. The zero-order valence-electron chi connectivity index (χ0n) is 6.09. The fourth-order valence-electron chi connectivity index (χ4n) is 1.09. The molecule has 1 fully saturated rings. The number of carbonyl (C=O) groups excluding carboxylic acids is 1. The summed E-state index contributed by atoms with van der Waals surface area (Å²) in [6.45, 7) is 3.24. The summed E-state index contributed by atoms with van der Waals surface area (Å²) in [5.74, 6) is 1.32. The van der Waals surface area contributed by atoms with Gasteiger partial charge in [0.15, 0.2) is 11.3 Å². The largest absolute Gasteiger partial charge is 0.305 e. The van der Waals surface area contributed by atoms with Gasteiger partial charge in [0.05, 0.1) is 6.54 Å². The normalized spacial score (nSPS) is 32.6. The summed E-state index contributed by atoms with van der Waals surface area (Å²) in [4.78, 5) is 11.9. The summed E-state index contributed by atoms with van der Waals surface area (Å²) in [5.41, 5.74) is 5.83. The van der Waals surface area contributed by atoms with Gasteiger partial charge in [-0.1, -0.05) is 11.8 Å².